The van der Waals surface area contributed by atoms with Crippen molar-refractivity contribution in [1.29, 1.82) is 0 Å². The molecular weight excluding hydrogens is 521 g/mol. The number of amides is 1. The first-order chi connectivity index (χ1) is 17.8. The molecule has 4 aromatic rings. The Bertz CT molecular complexity index is 1590. The average molecular weight is 544 g/mol. The summed E-state index contributed by atoms with van der Waals surface area (Å²) in [7, 11) is -4.15. The van der Waals surface area contributed by atoms with Gasteiger partial charge in [-0.15, -0.1) is 0 Å². The number of fused-ring (bicyclic) bond motifs is 1. The van der Waals surface area contributed by atoms with E-state index in [0.717, 1.165) is 0 Å². The van der Waals surface area contributed by atoms with Crippen molar-refractivity contribution in [3.63, 3.8) is 0 Å². The smallest absolute Gasteiger partial charge is 0.266 e. The largest absolute Gasteiger partial charge is 0.490 e. The lowest BCUT2D eigenvalue weighted by molar-refractivity contribution is -0.0248. The zero-order chi connectivity index (χ0) is 26.2. The number of primary amides is 1. The first-order valence-corrected chi connectivity index (χ1v) is 13.3. The summed E-state index contributed by atoms with van der Waals surface area (Å²) < 4.78 is 54.8. The Balaban J connectivity index is 1.39. The van der Waals surface area contributed by atoms with Gasteiger partial charge < -0.3 is 20.2 Å². The van der Waals surface area contributed by atoms with Gasteiger partial charge in [0.1, 0.15) is 34.9 Å². The Kier molecular flexibility index (Phi) is 6.91. The molecule has 0 radical (unpaired) electrons. The molecule has 0 spiro atoms. The molecule has 3 aromatic carbocycles. The number of hydrogen-bond acceptors (Lipinski definition) is 5. The minimum Gasteiger partial charge on any atom is -0.490 e. The van der Waals surface area contributed by atoms with E-state index in [1.54, 1.807) is 54.6 Å². The van der Waals surface area contributed by atoms with Gasteiger partial charge in [0.05, 0.1) is 6.61 Å². The average Bonchev–Trinajstić information content (AvgIpc) is 3.28. The van der Waals surface area contributed by atoms with Crippen LogP contribution in [0.2, 0.25) is 5.02 Å². The number of para-hydroxylation sites is 1. The maximum atomic E-state index is 14.4. The summed E-state index contributed by atoms with van der Waals surface area (Å²) in [6.45, 7) is 0.211. The van der Waals surface area contributed by atoms with E-state index in [2.05, 4.69) is 4.98 Å². The Morgan fingerprint density at radius 1 is 1.14 bits per heavy atom. The minimum absolute atomic E-state index is 0.0182. The number of ether oxygens (including phenoxy) is 2. The molecule has 1 amide bonds. The van der Waals surface area contributed by atoms with Crippen LogP contribution in [0.5, 0.6) is 5.75 Å². The number of nitrogens with two attached hydrogens (primary N) is 1. The number of aromatic nitrogens is 1. The number of hydrogen-bond donors (Lipinski definition) is 2. The molecule has 0 saturated carbocycles. The quantitative estimate of drug-likeness (QED) is 0.363. The zero-order valence-electron chi connectivity index (χ0n) is 19.5. The van der Waals surface area contributed by atoms with Crippen LogP contribution in [0.15, 0.2) is 71.6 Å². The van der Waals surface area contributed by atoms with Crippen LogP contribution in [0.25, 0.3) is 22.0 Å². The molecule has 1 aromatic heterocycles. The van der Waals surface area contributed by atoms with Crippen LogP contribution >= 0.6 is 11.6 Å². The van der Waals surface area contributed by atoms with Crippen molar-refractivity contribution < 1.29 is 27.1 Å². The van der Waals surface area contributed by atoms with Crippen molar-refractivity contribution in [3.8, 4) is 16.9 Å². The Labute approximate surface area is 217 Å². The molecule has 0 bridgehead atoms. The molecular formula is C26H23ClFN3O5S. The van der Waals surface area contributed by atoms with E-state index in [4.69, 9.17) is 26.8 Å². The van der Waals surface area contributed by atoms with Gasteiger partial charge in [-0.2, -0.15) is 4.31 Å². The molecule has 3 N–H and O–H groups in total. The Morgan fingerprint density at radius 2 is 1.86 bits per heavy atom. The van der Waals surface area contributed by atoms with Crippen molar-refractivity contribution in [2.24, 2.45) is 5.73 Å². The van der Waals surface area contributed by atoms with Gasteiger partial charge in [0, 0.05) is 40.1 Å². The Hall–Kier alpha value is -3.44. The van der Waals surface area contributed by atoms with Gasteiger partial charge in [0.2, 0.25) is 10.0 Å². The summed E-state index contributed by atoms with van der Waals surface area (Å²) in [6.07, 6.45) is -0.608. The third-order valence-corrected chi connectivity index (χ3v) is 8.32. The molecule has 8 nitrogen and oxygen atoms in total. The molecule has 1 aliphatic rings. The molecule has 192 valence electrons. The van der Waals surface area contributed by atoms with E-state index in [9.17, 15) is 17.6 Å². The zero-order valence-corrected chi connectivity index (χ0v) is 21.1. The molecule has 1 unspecified atom stereocenters. The number of nitrogens with zero attached hydrogens (tertiary/aromatic N) is 1. The lowest BCUT2D eigenvalue weighted by atomic mass is 10.0. The van der Waals surface area contributed by atoms with Crippen LogP contribution < -0.4 is 10.5 Å². The maximum absolute atomic E-state index is 14.4. The number of aromatic amines is 1. The number of H-pyrrole nitrogens is 1. The van der Waals surface area contributed by atoms with Gasteiger partial charge in [0.15, 0.2) is 0 Å². The van der Waals surface area contributed by atoms with Crippen LogP contribution in [0.1, 0.15) is 10.5 Å². The van der Waals surface area contributed by atoms with Crippen LogP contribution in [0.3, 0.4) is 0 Å². The van der Waals surface area contributed by atoms with Crippen LogP contribution in [-0.2, 0) is 14.8 Å². The monoisotopic (exact) mass is 543 g/mol. The molecule has 1 fully saturated rings. The van der Waals surface area contributed by atoms with Gasteiger partial charge in [-0.1, -0.05) is 48.0 Å². The standard InChI is InChI=1S/C26H23ClFN3O5S/c27-16-9-10-22-20(13-16)25(24(30-22)26(29)32)37(33,34)31-11-12-35-17(14-31)15-36-23-8-4-2-6-19(23)18-5-1-3-7-21(18)28/h1-10,13,17,30H,11-12,14-15H2,(H2,29,32). The predicted molar refractivity (Wildman–Crippen MR) is 138 cm³/mol. The van der Waals surface area contributed by atoms with Crippen molar-refractivity contribution in [3.05, 3.63) is 83.3 Å². The summed E-state index contributed by atoms with van der Waals surface area (Å²) in [5, 5.41) is 0.597. The van der Waals surface area contributed by atoms with E-state index in [-0.39, 0.29) is 48.1 Å². The molecule has 0 aliphatic carbocycles. The number of benzene rings is 3. The third-order valence-electron chi connectivity index (χ3n) is 6.13. The van der Waals surface area contributed by atoms with E-state index < -0.39 is 22.0 Å². The van der Waals surface area contributed by atoms with E-state index in [1.165, 1.54) is 16.4 Å². The molecule has 1 saturated heterocycles. The highest BCUT2D eigenvalue weighted by Gasteiger charge is 2.36. The predicted octanol–water partition coefficient (Wildman–Crippen LogP) is 4.19. The van der Waals surface area contributed by atoms with E-state index in [1.807, 2.05) is 0 Å². The number of halogens is 2. The summed E-state index contributed by atoms with van der Waals surface area (Å²) in [6, 6.07) is 18.1. The van der Waals surface area contributed by atoms with Gasteiger partial charge in [0.25, 0.3) is 5.91 Å². The number of nitrogens with one attached hydrogen (secondary N) is 1. The highest BCUT2D eigenvalue weighted by molar-refractivity contribution is 7.89. The first kappa shape index (κ1) is 25.2. The lowest BCUT2D eigenvalue weighted by Gasteiger charge is -2.32. The molecule has 1 aliphatic heterocycles. The summed E-state index contributed by atoms with van der Waals surface area (Å²) >= 11 is 6.11. The minimum atomic E-state index is -4.15. The summed E-state index contributed by atoms with van der Waals surface area (Å²) in [5.74, 6) is -0.837. The second-order valence-corrected chi connectivity index (χ2v) is 10.8. The van der Waals surface area contributed by atoms with E-state index >= 15 is 0 Å². The van der Waals surface area contributed by atoms with Crippen LogP contribution in [0, 0.1) is 5.82 Å². The number of carbonyl (C=O) groups excluding carboxylic acids is 1. The Morgan fingerprint density at radius 3 is 2.62 bits per heavy atom. The molecule has 5 rings (SSSR count). The number of rotatable bonds is 7. The summed E-state index contributed by atoms with van der Waals surface area (Å²) in [5.41, 5.74) is 6.67. The second-order valence-electron chi connectivity index (χ2n) is 8.53. The van der Waals surface area contributed by atoms with Crippen molar-refractivity contribution in [2.75, 3.05) is 26.3 Å². The number of sulfonamides is 1. The topological polar surface area (TPSA) is 115 Å². The number of morpholine rings is 1. The summed E-state index contributed by atoms with van der Waals surface area (Å²) in [4.78, 5) is 14.7. The van der Waals surface area contributed by atoms with Crippen LogP contribution in [0.4, 0.5) is 4.39 Å². The molecule has 37 heavy (non-hydrogen) atoms. The van der Waals surface area contributed by atoms with Crippen LogP contribution in [-0.4, -0.2) is 56.0 Å². The first-order valence-electron chi connectivity index (χ1n) is 11.4. The van der Waals surface area contributed by atoms with Gasteiger partial charge >= 0.3 is 0 Å². The van der Waals surface area contributed by atoms with Gasteiger partial charge in [-0.05, 0) is 30.3 Å². The van der Waals surface area contributed by atoms with Crippen molar-refractivity contribution in [2.45, 2.75) is 11.0 Å². The molecule has 2 heterocycles. The van der Waals surface area contributed by atoms with E-state index in [0.29, 0.717) is 27.4 Å². The normalized spacial score (nSPS) is 16.6. The highest BCUT2D eigenvalue weighted by atomic mass is 35.5. The lowest BCUT2D eigenvalue weighted by Crippen LogP contribution is -2.47. The fourth-order valence-corrected chi connectivity index (χ4v) is 6.36. The second kappa shape index (κ2) is 10.1. The van der Waals surface area contributed by atoms with Crippen molar-refractivity contribution in [1.82, 2.24) is 9.29 Å². The fraction of sp³-hybridized carbons (Fsp3) is 0.192. The number of carbonyl (C=O) groups is 1. The fourth-order valence-electron chi connectivity index (χ4n) is 4.40. The SMILES string of the molecule is NC(=O)c1[nH]c2ccc(Cl)cc2c1S(=O)(=O)N1CCOC(COc2ccccc2-c2ccccc2F)C1. The maximum Gasteiger partial charge on any atom is 0.266 e. The molecule has 11 heteroatoms. The van der Waals surface area contributed by atoms with Crippen molar-refractivity contribution >= 4 is 38.4 Å². The highest BCUT2D eigenvalue weighted by Crippen LogP contribution is 2.34. The third kappa shape index (κ3) is 4.93. The van der Waals surface area contributed by atoms with Gasteiger partial charge in [-0.3, -0.25) is 4.79 Å². The molecule has 1 atom stereocenters. The van der Waals surface area contributed by atoms with Gasteiger partial charge in [-0.25, -0.2) is 12.8 Å².